The number of nitrogens with zero attached hydrogens (tertiary/aromatic N) is 2. The Hall–Kier alpha value is -2.11. The highest BCUT2D eigenvalue weighted by Crippen LogP contribution is 2.35. The standard InChI is InChI=1S/C21H20ClFN2OS/c1-3-4-12-25-20(26)19(13-16-17(22)6-5-7-18(16)23)27-21(25)24-15-10-8-14(2)9-11-15/h5-11,13H,3-4,12H2,1-2H3/b19-13+,24-21?. The largest absolute Gasteiger partial charge is 0.286 e. The van der Waals surface area contributed by atoms with Gasteiger partial charge in [0.1, 0.15) is 5.82 Å². The molecule has 0 radical (unpaired) electrons. The molecule has 140 valence electrons. The van der Waals surface area contributed by atoms with Crippen LogP contribution < -0.4 is 0 Å². The van der Waals surface area contributed by atoms with Crippen LogP contribution >= 0.6 is 23.4 Å². The van der Waals surface area contributed by atoms with E-state index in [2.05, 4.69) is 11.9 Å². The van der Waals surface area contributed by atoms with Gasteiger partial charge < -0.3 is 0 Å². The number of carbonyl (C=O) groups excluding carboxylic acids is 1. The highest BCUT2D eigenvalue weighted by atomic mass is 35.5. The fourth-order valence-corrected chi connectivity index (χ4v) is 3.84. The Bertz CT molecular complexity index is 889. The number of unbranched alkanes of at least 4 members (excludes halogenated alkanes) is 1. The monoisotopic (exact) mass is 402 g/mol. The summed E-state index contributed by atoms with van der Waals surface area (Å²) >= 11 is 7.36. The SMILES string of the molecule is CCCCN1C(=O)/C(=C\c2c(F)cccc2Cl)SC1=Nc1ccc(C)cc1. The second kappa shape index (κ2) is 8.72. The maximum Gasteiger partial charge on any atom is 0.266 e. The number of hydrogen-bond acceptors (Lipinski definition) is 3. The molecular weight excluding hydrogens is 383 g/mol. The number of halogens is 2. The minimum Gasteiger partial charge on any atom is -0.286 e. The van der Waals surface area contributed by atoms with Gasteiger partial charge >= 0.3 is 0 Å². The lowest BCUT2D eigenvalue weighted by atomic mass is 10.2. The summed E-state index contributed by atoms with van der Waals surface area (Å²) in [4.78, 5) is 19.6. The van der Waals surface area contributed by atoms with Gasteiger partial charge in [0.05, 0.1) is 15.6 Å². The van der Waals surface area contributed by atoms with Crippen molar-refractivity contribution in [1.82, 2.24) is 4.90 Å². The minimum atomic E-state index is -0.451. The van der Waals surface area contributed by atoms with Gasteiger partial charge in [-0.15, -0.1) is 0 Å². The molecule has 0 bridgehead atoms. The Morgan fingerprint density at radius 2 is 1.96 bits per heavy atom. The molecule has 0 saturated carbocycles. The van der Waals surface area contributed by atoms with Crippen LogP contribution in [-0.2, 0) is 4.79 Å². The van der Waals surface area contributed by atoms with Gasteiger partial charge in [0, 0.05) is 12.1 Å². The van der Waals surface area contributed by atoms with Crippen molar-refractivity contribution in [2.24, 2.45) is 4.99 Å². The third kappa shape index (κ3) is 4.60. The van der Waals surface area contributed by atoms with Gasteiger partial charge in [-0.05, 0) is 55.4 Å². The number of thioether (sulfide) groups is 1. The van der Waals surface area contributed by atoms with Crippen molar-refractivity contribution >= 4 is 46.2 Å². The van der Waals surface area contributed by atoms with E-state index in [4.69, 9.17) is 11.6 Å². The predicted molar refractivity (Wildman–Crippen MR) is 112 cm³/mol. The van der Waals surface area contributed by atoms with E-state index in [0.717, 1.165) is 24.1 Å². The Kier molecular flexibility index (Phi) is 6.34. The summed E-state index contributed by atoms with van der Waals surface area (Å²) in [7, 11) is 0. The zero-order valence-electron chi connectivity index (χ0n) is 15.2. The predicted octanol–water partition coefficient (Wildman–Crippen LogP) is 6.19. The topological polar surface area (TPSA) is 32.7 Å². The number of rotatable bonds is 5. The molecule has 0 atom stereocenters. The molecule has 2 aromatic rings. The molecule has 3 nitrogen and oxygen atoms in total. The summed E-state index contributed by atoms with van der Waals surface area (Å²) in [5.41, 5.74) is 2.15. The van der Waals surface area contributed by atoms with Crippen LogP contribution in [0.4, 0.5) is 10.1 Å². The lowest BCUT2D eigenvalue weighted by Crippen LogP contribution is -2.30. The highest BCUT2D eigenvalue weighted by molar-refractivity contribution is 8.18. The lowest BCUT2D eigenvalue weighted by Gasteiger charge is -2.14. The summed E-state index contributed by atoms with van der Waals surface area (Å²) < 4.78 is 14.1. The molecule has 0 spiro atoms. The van der Waals surface area contributed by atoms with Gasteiger partial charge in [-0.3, -0.25) is 9.69 Å². The first kappa shape index (κ1) is 19.6. The molecule has 1 amide bonds. The Labute approximate surface area is 167 Å². The van der Waals surface area contributed by atoms with E-state index in [9.17, 15) is 9.18 Å². The molecule has 27 heavy (non-hydrogen) atoms. The maximum atomic E-state index is 14.1. The third-order valence-corrected chi connectivity index (χ3v) is 5.49. The molecule has 2 aromatic carbocycles. The second-order valence-electron chi connectivity index (χ2n) is 6.29. The number of aryl methyl sites for hydroxylation is 1. The number of amides is 1. The highest BCUT2D eigenvalue weighted by Gasteiger charge is 2.33. The van der Waals surface area contributed by atoms with Crippen molar-refractivity contribution in [3.05, 3.63) is 69.3 Å². The van der Waals surface area contributed by atoms with Gasteiger partial charge in [-0.1, -0.05) is 48.7 Å². The molecular formula is C21H20ClFN2OS. The molecule has 1 saturated heterocycles. The Morgan fingerprint density at radius 3 is 2.63 bits per heavy atom. The Balaban J connectivity index is 1.97. The van der Waals surface area contributed by atoms with Crippen LogP contribution in [0.2, 0.25) is 5.02 Å². The minimum absolute atomic E-state index is 0.168. The zero-order valence-corrected chi connectivity index (χ0v) is 16.8. The molecule has 3 rings (SSSR count). The summed E-state index contributed by atoms with van der Waals surface area (Å²) in [6, 6.07) is 12.3. The average molecular weight is 403 g/mol. The number of aliphatic imine (C=N–C) groups is 1. The number of hydrogen-bond donors (Lipinski definition) is 0. The summed E-state index contributed by atoms with van der Waals surface area (Å²) in [6.07, 6.45) is 3.35. The van der Waals surface area contributed by atoms with E-state index in [0.29, 0.717) is 16.6 Å². The van der Waals surface area contributed by atoms with Crippen molar-refractivity contribution in [2.45, 2.75) is 26.7 Å². The average Bonchev–Trinajstić information content (AvgIpc) is 2.93. The van der Waals surface area contributed by atoms with Gasteiger partial charge in [0.25, 0.3) is 5.91 Å². The van der Waals surface area contributed by atoms with Crippen LogP contribution in [-0.4, -0.2) is 22.5 Å². The first-order valence-electron chi connectivity index (χ1n) is 8.80. The van der Waals surface area contributed by atoms with Crippen molar-refractivity contribution in [2.75, 3.05) is 6.54 Å². The number of amidine groups is 1. The van der Waals surface area contributed by atoms with Crippen molar-refractivity contribution < 1.29 is 9.18 Å². The van der Waals surface area contributed by atoms with E-state index >= 15 is 0 Å². The van der Waals surface area contributed by atoms with E-state index in [1.54, 1.807) is 17.0 Å². The zero-order chi connectivity index (χ0) is 19.4. The van der Waals surface area contributed by atoms with Crippen LogP contribution in [0.5, 0.6) is 0 Å². The van der Waals surface area contributed by atoms with E-state index in [1.807, 2.05) is 31.2 Å². The van der Waals surface area contributed by atoms with Crippen LogP contribution in [0.3, 0.4) is 0 Å². The number of benzene rings is 2. The first-order valence-corrected chi connectivity index (χ1v) is 10.00. The molecule has 1 fully saturated rings. The molecule has 1 heterocycles. The smallest absolute Gasteiger partial charge is 0.266 e. The van der Waals surface area contributed by atoms with E-state index in [1.165, 1.54) is 23.9 Å². The molecule has 1 aliphatic rings. The third-order valence-electron chi connectivity index (χ3n) is 4.16. The second-order valence-corrected chi connectivity index (χ2v) is 7.70. The van der Waals surface area contributed by atoms with Gasteiger partial charge in [0.15, 0.2) is 5.17 Å². The van der Waals surface area contributed by atoms with Crippen LogP contribution in [0.15, 0.2) is 52.4 Å². The number of carbonyl (C=O) groups is 1. The van der Waals surface area contributed by atoms with Crippen molar-refractivity contribution in [1.29, 1.82) is 0 Å². The maximum absolute atomic E-state index is 14.1. The first-order chi connectivity index (χ1) is 13.0. The van der Waals surface area contributed by atoms with Crippen molar-refractivity contribution in [3.63, 3.8) is 0 Å². The molecule has 0 aromatic heterocycles. The fraction of sp³-hybridized carbons (Fsp3) is 0.238. The van der Waals surface area contributed by atoms with Crippen molar-refractivity contribution in [3.8, 4) is 0 Å². The van der Waals surface area contributed by atoms with E-state index in [-0.39, 0.29) is 16.5 Å². The lowest BCUT2D eigenvalue weighted by molar-refractivity contribution is -0.122. The quantitative estimate of drug-likeness (QED) is 0.558. The van der Waals surface area contributed by atoms with Gasteiger partial charge in [-0.2, -0.15) is 0 Å². The van der Waals surface area contributed by atoms with Crippen LogP contribution in [0.1, 0.15) is 30.9 Å². The Morgan fingerprint density at radius 1 is 1.22 bits per heavy atom. The fourth-order valence-electron chi connectivity index (χ4n) is 2.61. The summed E-state index contributed by atoms with van der Waals surface area (Å²) in [5, 5.41) is 0.885. The van der Waals surface area contributed by atoms with E-state index < -0.39 is 5.82 Å². The molecule has 6 heteroatoms. The van der Waals surface area contributed by atoms with Crippen LogP contribution in [0, 0.1) is 12.7 Å². The summed E-state index contributed by atoms with van der Waals surface area (Å²) in [5.74, 6) is -0.619. The molecule has 1 aliphatic heterocycles. The normalized spacial score (nSPS) is 17.3. The van der Waals surface area contributed by atoms with Crippen LogP contribution in [0.25, 0.3) is 6.08 Å². The summed E-state index contributed by atoms with van der Waals surface area (Å²) in [6.45, 7) is 4.66. The van der Waals surface area contributed by atoms with Gasteiger partial charge in [0.2, 0.25) is 0 Å². The molecule has 0 aliphatic carbocycles. The molecule has 0 N–H and O–H groups in total. The molecule has 0 unspecified atom stereocenters. The van der Waals surface area contributed by atoms with Gasteiger partial charge in [-0.25, -0.2) is 9.38 Å².